The lowest BCUT2D eigenvalue weighted by Gasteiger charge is -2.30. The third kappa shape index (κ3) is 4.97. The molecule has 1 aromatic heterocycles. The van der Waals surface area contributed by atoms with Crippen molar-refractivity contribution in [3.05, 3.63) is 75.4 Å². The highest BCUT2D eigenvalue weighted by Crippen LogP contribution is 2.39. The third-order valence-electron chi connectivity index (χ3n) is 5.12. The van der Waals surface area contributed by atoms with Gasteiger partial charge in [-0.15, -0.1) is 0 Å². The molecule has 1 saturated carbocycles. The van der Waals surface area contributed by atoms with Crippen LogP contribution in [0.4, 0.5) is 5.69 Å². The van der Waals surface area contributed by atoms with Crippen LogP contribution in [-0.2, 0) is 4.79 Å². The first-order chi connectivity index (χ1) is 14.6. The van der Waals surface area contributed by atoms with Crippen molar-refractivity contribution >= 4 is 57.8 Å². The van der Waals surface area contributed by atoms with Crippen LogP contribution in [0.3, 0.4) is 0 Å². The van der Waals surface area contributed by atoms with Crippen LogP contribution in [0.25, 0.3) is 6.08 Å². The second kappa shape index (κ2) is 9.82. The molecule has 0 unspecified atom stereocenters. The number of amidine groups is 1. The molecule has 0 spiro atoms. The molecule has 2 aliphatic rings. The molecule has 0 bridgehead atoms. The predicted octanol–water partition coefficient (Wildman–Crippen LogP) is 6.79. The van der Waals surface area contributed by atoms with Gasteiger partial charge < -0.3 is 0 Å². The Labute approximate surface area is 190 Å². The number of carbonyl (C=O) groups excluding carboxylic acids is 1. The minimum absolute atomic E-state index is 0.0459. The van der Waals surface area contributed by atoms with E-state index in [0.29, 0.717) is 25.8 Å². The second-order valence-electron chi connectivity index (χ2n) is 7.24. The normalized spacial score (nSPS) is 21.1. The number of rotatable bonds is 4. The number of benzene rings is 1. The van der Waals surface area contributed by atoms with Crippen LogP contribution in [-0.4, -0.2) is 27.0 Å². The molecule has 4 nitrogen and oxygen atoms in total. The molecule has 1 amide bonds. The summed E-state index contributed by atoms with van der Waals surface area (Å²) in [5.74, 6) is -0.0459. The van der Waals surface area contributed by atoms with Crippen LogP contribution in [0.2, 0.25) is 5.02 Å². The number of thioether (sulfide) groups is 1. The summed E-state index contributed by atoms with van der Waals surface area (Å²) in [6, 6.07) is 11.7. The largest absolute Gasteiger partial charge is 0.283 e. The fraction of sp³-hybridized carbons (Fsp3) is 0.261. The Bertz CT molecular complexity index is 1010. The van der Waals surface area contributed by atoms with Crippen molar-refractivity contribution in [3.8, 4) is 0 Å². The number of pyridine rings is 1. The smallest absolute Gasteiger partial charge is 0.267 e. The molecule has 2 aromatic rings. The summed E-state index contributed by atoms with van der Waals surface area (Å²) in [7, 11) is 0. The molecule has 0 atom stereocenters. The predicted molar refractivity (Wildman–Crippen MR) is 126 cm³/mol. The highest BCUT2D eigenvalue weighted by Gasteiger charge is 2.38. The van der Waals surface area contributed by atoms with E-state index in [-0.39, 0.29) is 11.9 Å². The Hall–Kier alpha value is -2.08. The number of aliphatic imine (C=N–C) groups is 1. The summed E-state index contributed by atoms with van der Waals surface area (Å²) in [5.41, 5.74) is 1.59. The fourth-order valence-electron chi connectivity index (χ4n) is 3.66. The van der Waals surface area contributed by atoms with Gasteiger partial charge in [0.25, 0.3) is 5.91 Å². The molecule has 4 rings (SSSR count). The first-order valence-corrected chi connectivity index (χ1v) is 11.5. The zero-order valence-electron chi connectivity index (χ0n) is 16.3. The molecule has 1 aromatic carbocycles. The molecule has 154 valence electrons. The fourth-order valence-corrected chi connectivity index (χ4v) is 5.17. The lowest BCUT2D eigenvalue weighted by atomic mass is 9.94. The summed E-state index contributed by atoms with van der Waals surface area (Å²) >= 11 is 14.1. The van der Waals surface area contributed by atoms with Crippen molar-refractivity contribution < 1.29 is 4.79 Å². The van der Waals surface area contributed by atoms with E-state index in [9.17, 15) is 4.79 Å². The highest BCUT2D eigenvalue weighted by atomic mass is 35.5. The van der Waals surface area contributed by atoms with Crippen LogP contribution < -0.4 is 0 Å². The molecule has 7 heteroatoms. The minimum atomic E-state index is -0.0459. The van der Waals surface area contributed by atoms with Crippen LogP contribution in [0.5, 0.6) is 0 Å². The maximum atomic E-state index is 13.3. The molecule has 30 heavy (non-hydrogen) atoms. The van der Waals surface area contributed by atoms with E-state index in [1.165, 1.54) is 18.2 Å². The Kier molecular flexibility index (Phi) is 6.93. The van der Waals surface area contributed by atoms with Crippen molar-refractivity contribution in [3.63, 3.8) is 0 Å². The van der Waals surface area contributed by atoms with E-state index in [0.717, 1.165) is 31.2 Å². The molecule has 1 saturated heterocycles. The van der Waals surface area contributed by atoms with E-state index in [4.69, 9.17) is 28.2 Å². The quantitative estimate of drug-likeness (QED) is 0.474. The van der Waals surface area contributed by atoms with Gasteiger partial charge in [0.1, 0.15) is 0 Å². The maximum absolute atomic E-state index is 13.3. The lowest BCUT2D eigenvalue weighted by molar-refractivity contribution is -0.124. The zero-order valence-corrected chi connectivity index (χ0v) is 18.6. The number of amides is 1. The molecule has 0 N–H and O–H groups in total. The van der Waals surface area contributed by atoms with Gasteiger partial charge >= 0.3 is 0 Å². The summed E-state index contributed by atoms with van der Waals surface area (Å²) in [4.78, 5) is 24.4. The Morgan fingerprint density at radius 2 is 1.93 bits per heavy atom. The molecule has 0 radical (unpaired) electrons. The van der Waals surface area contributed by atoms with Gasteiger partial charge in [0.15, 0.2) is 5.17 Å². The molecule has 1 aliphatic heterocycles. The van der Waals surface area contributed by atoms with Crippen LogP contribution in [0, 0.1) is 0 Å². The number of hydrogen-bond acceptors (Lipinski definition) is 4. The van der Waals surface area contributed by atoms with Gasteiger partial charge in [-0.1, -0.05) is 72.8 Å². The van der Waals surface area contributed by atoms with E-state index in [2.05, 4.69) is 4.98 Å². The van der Waals surface area contributed by atoms with Crippen LogP contribution in [0.15, 0.2) is 69.8 Å². The van der Waals surface area contributed by atoms with E-state index in [1.54, 1.807) is 24.5 Å². The Morgan fingerprint density at radius 3 is 2.67 bits per heavy atom. The number of carbonyl (C=O) groups is 1. The van der Waals surface area contributed by atoms with Gasteiger partial charge in [-0.25, -0.2) is 4.99 Å². The number of aromatic nitrogens is 1. The molecule has 2 heterocycles. The van der Waals surface area contributed by atoms with Crippen molar-refractivity contribution in [2.24, 2.45) is 4.99 Å². The van der Waals surface area contributed by atoms with Crippen LogP contribution in [0.1, 0.15) is 37.7 Å². The van der Waals surface area contributed by atoms with Gasteiger partial charge in [0, 0.05) is 23.5 Å². The van der Waals surface area contributed by atoms with Gasteiger partial charge in [0.05, 0.1) is 15.6 Å². The molecule has 2 fully saturated rings. The summed E-state index contributed by atoms with van der Waals surface area (Å²) < 4.78 is 0. The van der Waals surface area contributed by atoms with Crippen molar-refractivity contribution in [1.29, 1.82) is 0 Å². The average Bonchev–Trinajstić information content (AvgIpc) is 3.05. The Balaban J connectivity index is 1.67. The number of hydrogen-bond donors (Lipinski definition) is 0. The third-order valence-corrected chi connectivity index (χ3v) is 6.61. The van der Waals surface area contributed by atoms with Gasteiger partial charge in [-0.3, -0.25) is 14.7 Å². The second-order valence-corrected chi connectivity index (χ2v) is 9.09. The van der Waals surface area contributed by atoms with Crippen LogP contribution >= 0.6 is 35.0 Å². The standard InChI is InChI=1S/C23H21Cl2N3OS/c24-17(13-16-7-3-1-4-8-16)14-21-22(29)28(18-9-5-2-6-10-18)23(30-21)27-20-11-12-26-15-19(20)25/h1,3-4,7-8,11-15,18H,2,5-6,9-10H2/b17-13-,21-14-,27-23?. The van der Waals surface area contributed by atoms with Gasteiger partial charge in [-0.05, 0) is 48.4 Å². The number of nitrogens with zero attached hydrogens (tertiary/aromatic N) is 3. The monoisotopic (exact) mass is 457 g/mol. The lowest BCUT2D eigenvalue weighted by Crippen LogP contribution is -2.40. The van der Waals surface area contributed by atoms with Crippen molar-refractivity contribution in [2.45, 2.75) is 38.1 Å². The highest BCUT2D eigenvalue weighted by molar-refractivity contribution is 8.18. The van der Waals surface area contributed by atoms with Gasteiger partial charge in [-0.2, -0.15) is 0 Å². The molecule has 1 aliphatic carbocycles. The topological polar surface area (TPSA) is 45.6 Å². The van der Waals surface area contributed by atoms with E-state index >= 15 is 0 Å². The van der Waals surface area contributed by atoms with E-state index in [1.807, 2.05) is 41.3 Å². The summed E-state index contributed by atoms with van der Waals surface area (Å²) in [5, 5.41) is 1.61. The summed E-state index contributed by atoms with van der Waals surface area (Å²) in [6.07, 6.45) is 12.2. The number of allylic oxidation sites excluding steroid dienone is 2. The molecular formula is C23H21Cl2N3OS. The first-order valence-electron chi connectivity index (χ1n) is 9.95. The molecular weight excluding hydrogens is 437 g/mol. The van der Waals surface area contributed by atoms with E-state index < -0.39 is 0 Å². The SMILES string of the molecule is O=C1/C(=C/C(Cl)=C/c2ccccc2)SC(=Nc2ccncc2Cl)N1C1CCCCC1. The Morgan fingerprint density at radius 1 is 1.17 bits per heavy atom. The van der Waals surface area contributed by atoms with Gasteiger partial charge in [0.2, 0.25) is 0 Å². The van der Waals surface area contributed by atoms with Crippen molar-refractivity contribution in [1.82, 2.24) is 9.88 Å². The van der Waals surface area contributed by atoms with Crippen molar-refractivity contribution in [2.75, 3.05) is 0 Å². The zero-order chi connectivity index (χ0) is 20.9. The summed E-state index contributed by atoms with van der Waals surface area (Å²) in [6.45, 7) is 0. The number of halogens is 2. The first kappa shape index (κ1) is 21.2. The minimum Gasteiger partial charge on any atom is -0.283 e. The average molecular weight is 458 g/mol. The maximum Gasteiger partial charge on any atom is 0.267 e.